The molecule has 1 atom stereocenters. The van der Waals surface area contributed by atoms with Crippen LogP contribution < -0.4 is 5.32 Å². The van der Waals surface area contributed by atoms with E-state index < -0.39 is 0 Å². The number of halogens is 2. The summed E-state index contributed by atoms with van der Waals surface area (Å²) in [6.07, 6.45) is 3.78. The van der Waals surface area contributed by atoms with Crippen molar-refractivity contribution in [3.05, 3.63) is 56.0 Å². The van der Waals surface area contributed by atoms with Crippen molar-refractivity contribution in [2.75, 3.05) is 0 Å². The SMILES string of the molecule is CC(NCc1cc2c(s1)CCC2)c1ccc(F)c(Cl)c1. The van der Waals surface area contributed by atoms with Crippen molar-refractivity contribution in [3.8, 4) is 0 Å². The lowest BCUT2D eigenvalue weighted by Gasteiger charge is -2.14. The van der Waals surface area contributed by atoms with Crippen LogP contribution in [0, 0.1) is 5.82 Å². The fraction of sp³-hybridized carbons (Fsp3) is 0.375. The van der Waals surface area contributed by atoms with Crippen LogP contribution in [0.15, 0.2) is 24.3 Å². The number of thiophene rings is 1. The Morgan fingerprint density at radius 1 is 1.35 bits per heavy atom. The molecule has 3 rings (SSSR count). The smallest absolute Gasteiger partial charge is 0.141 e. The van der Waals surface area contributed by atoms with E-state index >= 15 is 0 Å². The second-order valence-electron chi connectivity index (χ2n) is 5.29. The summed E-state index contributed by atoms with van der Waals surface area (Å²) < 4.78 is 13.2. The van der Waals surface area contributed by atoms with Crippen LogP contribution in [0.1, 0.15) is 40.3 Å². The van der Waals surface area contributed by atoms with Crippen LogP contribution in [-0.4, -0.2) is 0 Å². The van der Waals surface area contributed by atoms with Gasteiger partial charge in [0.1, 0.15) is 5.82 Å². The Labute approximate surface area is 127 Å². The molecule has 4 heteroatoms. The van der Waals surface area contributed by atoms with Gasteiger partial charge in [-0.1, -0.05) is 17.7 Å². The molecule has 0 saturated heterocycles. The van der Waals surface area contributed by atoms with Gasteiger partial charge in [-0.15, -0.1) is 11.3 Å². The number of nitrogens with one attached hydrogen (secondary N) is 1. The molecule has 106 valence electrons. The molecule has 1 heterocycles. The lowest BCUT2D eigenvalue weighted by Crippen LogP contribution is -2.17. The normalized spacial score (nSPS) is 15.3. The minimum absolute atomic E-state index is 0.157. The number of hydrogen-bond acceptors (Lipinski definition) is 2. The first-order chi connectivity index (χ1) is 9.63. The highest BCUT2D eigenvalue weighted by atomic mass is 35.5. The van der Waals surface area contributed by atoms with Crippen LogP contribution in [0.25, 0.3) is 0 Å². The molecule has 1 aliphatic rings. The number of rotatable bonds is 4. The zero-order valence-corrected chi connectivity index (χ0v) is 13.0. The van der Waals surface area contributed by atoms with Crippen LogP contribution in [0.4, 0.5) is 4.39 Å². The van der Waals surface area contributed by atoms with Crippen molar-refractivity contribution < 1.29 is 4.39 Å². The molecule has 0 amide bonds. The Bertz CT molecular complexity index is 601. The number of fused-ring (bicyclic) bond motifs is 1. The second kappa shape index (κ2) is 5.84. The number of hydrogen-bond donors (Lipinski definition) is 1. The summed E-state index contributed by atoms with van der Waals surface area (Å²) in [6, 6.07) is 7.39. The maximum Gasteiger partial charge on any atom is 0.141 e. The monoisotopic (exact) mass is 309 g/mol. The van der Waals surface area contributed by atoms with E-state index in [0.29, 0.717) is 0 Å². The molecule has 20 heavy (non-hydrogen) atoms. The van der Waals surface area contributed by atoms with Gasteiger partial charge in [0.15, 0.2) is 0 Å². The van der Waals surface area contributed by atoms with Crippen LogP contribution >= 0.6 is 22.9 Å². The molecule has 0 aliphatic heterocycles. The summed E-state index contributed by atoms with van der Waals surface area (Å²) in [5.74, 6) is -0.364. The number of aryl methyl sites for hydroxylation is 2. The molecular formula is C16H17ClFNS. The maximum absolute atomic E-state index is 13.2. The summed E-state index contributed by atoms with van der Waals surface area (Å²) in [5.41, 5.74) is 2.55. The minimum Gasteiger partial charge on any atom is -0.305 e. The highest BCUT2D eigenvalue weighted by Crippen LogP contribution is 2.31. The fourth-order valence-corrected chi connectivity index (χ4v) is 4.03. The first kappa shape index (κ1) is 14.1. The van der Waals surface area contributed by atoms with E-state index in [1.54, 1.807) is 17.0 Å². The van der Waals surface area contributed by atoms with Gasteiger partial charge in [-0.25, -0.2) is 4.39 Å². The van der Waals surface area contributed by atoms with E-state index in [1.807, 2.05) is 11.3 Å². The Balaban J connectivity index is 1.63. The van der Waals surface area contributed by atoms with E-state index in [0.717, 1.165) is 12.1 Å². The van der Waals surface area contributed by atoms with Crippen molar-refractivity contribution in [3.63, 3.8) is 0 Å². The van der Waals surface area contributed by atoms with E-state index in [4.69, 9.17) is 11.6 Å². The third kappa shape index (κ3) is 2.90. The first-order valence-electron chi connectivity index (χ1n) is 6.92. The predicted molar refractivity (Wildman–Crippen MR) is 83.0 cm³/mol. The van der Waals surface area contributed by atoms with E-state index in [-0.39, 0.29) is 16.9 Å². The quantitative estimate of drug-likeness (QED) is 0.848. The van der Waals surface area contributed by atoms with Crippen molar-refractivity contribution in [2.24, 2.45) is 0 Å². The fourth-order valence-electron chi connectivity index (χ4n) is 2.63. The van der Waals surface area contributed by atoms with Crippen LogP contribution in [0.5, 0.6) is 0 Å². The predicted octanol–water partition coefficient (Wildman–Crippen LogP) is 4.88. The Kier molecular flexibility index (Phi) is 4.11. The van der Waals surface area contributed by atoms with Gasteiger partial charge in [0.05, 0.1) is 5.02 Å². The van der Waals surface area contributed by atoms with E-state index in [9.17, 15) is 4.39 Å². The lowest BCUT2D eigenvalue weighted by molar-refractivity contribution is 0.575. The third-order valence-corrected chi connectivity index (χ3v) is 5.35. The van der Waals surface area contributed by atoms with Gasteiger partial charge in [-0.05, 0) is 55.5 Å². The van der Waals surface area contributed by atoms with Crippen LogP contribution in [0.3, 0.4) is 0 Å². The van der Waals surface area contributed by atoms with Crippen molar-refractivity contribution in [2.45, 2.75) is 38.8 Å². The molecule has 2 aromatic rings. The Morgan fingerprint density at radius 2 is 2.20 bits per heavy atom. The van der Waals surface area contributed by atoms with E-state index in [1.165, 1.54) is 35.8 Å². The highest BCUT2D eigenvalue weighted by Gasteiger charge is 2.15. The number of benzene rings is 1. The Morgan fingerprint density at radius 3 is 2.95 bits per heavy atom. The third-order valence-electron chi connectivity index (χ3n) is 3.82. The maximum atomic E-state index is 13.2. The van der Waals surface area contributed by atoms with Gasteiger partial charge >= 0.3 is 0 Å². The molecule has 0 bridgehead atoms. The van der Waals surface area contributed by atoms with E-state index in [2.05, 4.69) is 18.3 Å². The van der Waals surface area contributed by atoms with Gasteiger partial charge in [-0.2, -0.15) is 0 Å². The highest BCUT2D eigenvalue weighted by molar-refractivity contribution is 7.12. The largest absolute Gasteiger partial charge is 0.305 e. The van der Waals surface area contributed by atoms with Crippen molar-refractivity contribution in [1.82, 2.24) is 5.32 Å². The van der Waals surface area contributed by atoms with Crippen LogP contribution in [-0.2, 0) is 19.4 Å². The van der Waals surface area contributed by atoms with Crippen molar-refractivity contribution in [1.29, 1.82) is 0 Å². The Hall–Kier alpha value is -0.900. The zero-order chi connectivity index (χ0) is 14.1. The molecular weight excluding hydrogens is 293 g/mol. The summed E-state index contributed by atoms with van der Waals surface area (Å²) in [6.45, 7) is 2.93. The molecule has 1 aromatic carbocycles. The van der Waals surface area contributed by atoms with Crippen LogP contribution in [0.2, 0.25) is 5.02 Å². The topological polar surface area (TPSA) is 12.0 Å². The molecule has 0 saturated carbocycles. The summed E-state index contributed by atoms with van der Waals surface area (Å²) in [4.78, 5) is 2.94. The molecule has 1 N–H and O–H groups in total. The molecule has 0 radical (unpaired) electrons. The average Bonchev–Trinajstić information content (AvgIpc) is 3.00. The van der Waals surface area contributed by atoms with Gasteiger partial charge in [-0.3, -0.25) is 0 Å². The van der Waals surface area contributed by atoms with Gasteiger partial charge < -0.3 is 5.32 Å². The summed E-state index contributed by atoms with van der Waals surface area (Å²) in [7, 11) is 0. The molecule has 0 fully saturated rings. The molecule has 0 spiro atoms. The molecule has 1 unspecified atom stereocenters. The first-order valence-corrected chi connectivity index (χ1v) is 8.11. The molecule has 1 aliphatic carbocycles. The van der Waals surface area contributed by atoms with Gasteiger partial charge in [0, 0.05) is 22.3 Å². The average molecular weight is 310 g/mol. The minimum atomic E-state index is -0.364. The molecule has 1 aromatic heterocycles. The summed E-state index contributed by atoms with van der Waals surface area (Å²) >= 11 is 7.74. The standard InChI is InChI=1S/C16H17ClFNS/c1-10(11-5-6-15(18)14(17)8-11)19-9-13-7-12-3-2-4-16(12)20-13/h5-8,10,19H,2-4,9H2,1H3. The van der Waals surface area contributed by atoms with Crippen molar-refractivity contribution >= 4 is 22.9 Å². The molecule has 1 nitrogen and oxygen atoms in total. The zero-order valence-electron chi connectivity index (χ0n) is 11.4. The van der Waals surface area contributed by atoms with Gasteiger partial charge in [0.25, 0.3) is 0 Å². The summed E-state index contributed by atoms with van der Waals surface area (Å²) in [5, 5.41) is 3.67. The lowest BCUT2D eigenvalue weighted by atomic mass is 10.1. The van der Waals surface area contributed by atoms with Gasteiger partial charge in [0.2, 0.25) is 0 Å². The second-order valence-corrected chi connectivity index (χ2v) is 6.92.